The largest absolute Gasteiger partial charge is 0.496 e. The third-order valence-electron chi connectivity index (χ3n) is 4.35. The van der Waals surface area contributed by atoms with Gasteiger partial charge in [0.05, 0.1) is 25.1 Å². The predicted molar refractivity (Wildman–Crippen MR) is 116 cm³/mol. The normalized spacial score (nSPS) is 11.0. The van der Waals surface area contributed by atoms with Crippen LogP contribution < -0.4 is 15.4 Å². The monoisotopic (exact) mass is 413 g/mol. The number of ether oxygens (including phenoxy) is 1. The first-order chi connectivity index (χ1) is 14.4. The van der Waals surface area contributed by atoms with Gasteiger partial charge in [0.15, 0.2) is 5.96 Å². The van der Waals surface area contributed by atoms with E-state index in [0.29, 0.717) is 25.5 Å². The maximum Gasteiger partial charge on any atom is 0.269 e. The third kappa shape index (κ3) is 7.08. The van der Waals surface area contributed by atoms with Crippen LogP contribution in [-0.2, 0) is 17.8 Å². The van der Waals surface area contributed by atoms with Gasteiger partial charge in [-0.1, -0.05) is 30.3 Å². The molecule has 9 heteroatoms. The van der Waals surface area contributed by atoms with E-state index in [9.17, 15) is 14.9 Å². The summed E-state index contributed by atoms with van der Waals surface area (Å²) in [5.41, 5.74) is 1.92. The molecule has 0 saturated carbocycles. The molecule has 0 saturated heterocycles. The van der Waals surface area contributed by atoms with Gasteiger partial charge in [-0.25, -0.2) is 4.99 Å². The van der Waals surface area contributed by atoms with Crippen LogP contribution in [0.25, 0.3) is 0 Å². The van der Waals surface area contributed by atoms with Crippen LogP contribution in [0.5, 0.6) is 5.75 Å². The number of para-hydroxylation sites is 1. The summed E-state index contributed by atoms with van der Waals surface area (Å²) in [6, 6.07) is 14.0. The number of carbonyl (C=O) groups is 1. The molecule has 1 amide bonds. The average Bonchev–Trinajstić information content (AvgIpc) is 2.75. The second-order valence-corrected chi connectivity index (χ2v) is 6.72. The van der Waals surface area contributed by atoms with Crippen LogP contribution in [0, 0.1) is 10.1 Å². The molecule has 2 rings (SSSR count). The number of nitro benzene ring substituents is 1. The minimum Gasteiger partial charge on any atom is -0.496 e. The number of methoxy groups -OCH3 is 1. The summed E-state index contributed by atoms with van der Waals surface area (Å²) in [5.74, 6) is 1.22. The van der Waals surface area contributed by atoms with E-state index in [2.05, 4.69) is 15.6 Å². The number of carbonyl (C=O) groups excluding carboxylic acids is 1. The Hall–Kier alpha value is -3.62. The molecule has 0 bridgehead atoms. The Labute approximate surface area is 175 Å². The van der Waals surface area contributed by atoms with Crippen molar-refractivity contribution < 1.29 is 14.5 Å². The summed E-state index contributed by atoms with van der Waals surface area (Å²) in [4.78, 5) is 28.2. The van der Waals surface area contributed by atoms with E-state index in [1.54, 1.807) is 33.3 Å². The van der Waals surface area contributed by atoms with Crippen molar-refractivity contribution in [2.45, 2.75) is 13.0 Å². The van der Waals surface area contributed by atoms with Gasteiger partial charge in [0, 0.05) is 32.8 Å². The molecule has 30 heavy (non-hydrogen) atoms. The number of rotatable bonds is 9. The summed E-state index contributed by atoms with van der Waals surface area (Å²) in [7, 11) is 5.01. The van der Waals surface area contributed by atoms with Gasteiger partial charge in [0.2, 0.25) is 5.91 Å². The van der Waals surface area contributed by atoms with Crippen LogP contribution in [0.2, 0.25) is 0 Å². The molecule has 160 valence electrons. The first kappa shape index (κ1) is 22.7. The van der Waals surface area contributed by atoms with Gasteiger partial charge in [0.1, 0.15) is 5.75 Å². The van der Waals surface area contributed by atoms with Crippen molar-refractivity contribution in [1.29, 1.82) is 0 Å². The third-order valence-corrected chi connectivity index (χ3v) is 4.35. The second-order valence-electron chi connectivity index (χ2n) is 6.72. The summed E-state index contributed by atoms with van der Waals surface area (Å²) < 4.78 is 5.37. The number of benzene rings is 2. The Morgan fingerprint density at radius 3 is 2.47 bits per heavy atom. The number of nitrogens with one attached hydrogen (secondary N) is 2. The summed E-state index contributed by atoms with van der Waals surface area (Å²) >= 11 is 0. The van der Waals surface area contributed by atoms with E-state index in [-0.39, 0.29) is 18.1 Å². The SMILES string of the molecule is COc1ccccc1CCNC(=NCc1ccc([N+](=O)[O-])cc1)NCC(=O)N(C)C. The Kier molecular flexibility index (Phi) is 8.61. The second kappa shape index (κ2) is 11.4. The van der Waals surface area contributed by atoms with E-state index in [0.717, 1.165) is 16.9 Å². The first-order valence-corrected chi connectivity index (χ1v) is 9.48. The maximum absolute atomic E-state index is 11.9. The number of nitro groups is 1. The highest BCUT2D eigenvalue weighted by molar-refractivity contribution is 5.86. The van der Waals surface area contributed by atoms with E-state index in [4.69, 9.17) is 4.74 Å². The molecule has 0 aliphatic rings. The fourth-order valence-electron chi connectivity index (χ4n) is 2.61. The van der Waals surface area contributed by atoms with E-state index in [1.165, 1.54) is 17.0 Å². The topological polar surface area (TPSA) is 109 Å². The molecule has 0 atom stereocenters. The van der Waals surface area contributed by atoms with Crippen molar-refractivity contribution in [3.05, 3.63) is 69.8 Å². The standard InChI is InChI=1S/C21H27N5O4/c1-25(2)20(27)15-24-21(22-13-12-17-6-4-5-7-19(17)30-3)23-14-16-8-10-18(11-9-16)26(28)29/h4-11H,12-15H2,1-3H3,(H2,22,23,24). The number of non-ortho nitro benzene ring substituents is 1. The van der Waals surface area contributed by atoms with E-state index >= 15 is 0 Å². The molecule has 0 unspecified atom stereocenters. The fraction of sp³-hybridized carbons (Fsp3) is 0.333. The van der Waals surface area contributed by atoms with Crippen LogP contribution in [0.4, 0.5) is 5.69 Å². The quantitative estimate of drug-likeness (QED) is 0.282. The highest BCUT2D eigenvalue weighted by Crippen LogP contribution is 2.17. The first-order valence-electron chi connectivity index (χ1n) is 9.48. The summed E-state index contributed by atoms with van der Waals surface area (Å²) in [5, 5.41) is 17.0. The number of nitrogens with zero attached hydrogens (tertiary/aromatic N) is 3. The minimum absolute atomic E-state index is 0.0348. The molecule has 0 aromatic heterocycles. The number of guanidine groups is 1. The number of hydrogen-bond acceptors (Lipinski definition) is 5. The number of likely N-dealkylation sites (N-methyl/N-ethyl adjacent to an activating group) is 1. The molecule has 0 spiro atoms. The lowest BCUT2D eigenvalue weighted by molar-refractivity contribution is -0.384. The fourth-order valence-corrected chi connectivity index (χ4v) is 2.61. The van der Waals surface area contributed by atoms with Crippen molar-refractivity contribution in [2.75, 3.05) is 34.3 Å². The van der Waals surface area contributed by atoms with Gasteiger partial charge in [-0.15, -0.1) is 0 Å². The molecule has 0 aliphatic heterocycles. The van der Waals surface area contributed by atoms with E-state index < -0.39 is 4.92 Å². The molecular weight excluding hydrogens is 386 g/mol. The van der Waals surface area contributed by atoms with Crippen LogP contribution in [-0.4, -0.2) is 56.0 Å². The number of aliphatic imine (C=N–C) groups is 1. The van der Waals surface area contributed by atoms with Gasteiger partial charge < -0.3 is 20.3 Å². The van der Waals surface area contributed by atoms with Gasteiger partial charge >= 0.3 is 0 Å². The number of amides is 1. The van der Waals surface area contributed by atoms with Crippen molar-refractivity contribution in [2.24, 2.45) is 4.99 Å². The lowest BCUT2D eigenvalue weighted by atomic mass is 10.1. The van der Waals surface area contributed by atoms with Crippen LogP contribution >= 0.6 is 0 Å². The van der Waals surface area contributed by atoms with Crippen LogP contribution in [0.15, 0.2) is 53.5 Å². The summed E-state index contributed by atoms with van der Waals surface area (Å²) in [6.07, 6.45) is 0.712. The van der Waals surface area contributed by atoms with Crippen molar-refractivity contribution in [3.8, 4) is 5.75 Å². The highest BCUT2D eigenvalue weighted by Gasteiger charge is 2.08. The van der Waals surface area contributed by atoms with Gasteiger partial charge in [0.25, 0.3) is 5.69 Å². The molecule has 9 nitrogen and oxygen atoms in total. The van der Waals surface area contributed by atoms with Gasteiger partial charge in [-0.05, 0) is 23.6 Å². The smallest absolute Gasteiger partial charge is 0.269 e. The molecule has 0 aliphatic carbocycles. The van der Waals surface area contributed by atoms with Crippen molar-refractivity contribution >= 4 is 17.6 Å². The lowest BCUT2D eigenvalue weighted by Gasteiger charge is -2.15. The molecule has 0 radical (unpaired) electrons. The number of hydrogen-bond donors (Lipinski definition) is 2. The molecule has 0 heterocycles. The maximum atomic E-state index is 11.9. The Morgan fingerprint density at radius 1 is 1.13 bits per heavy atom. The molecule has 2 aromatic carbocycles. The summed E-state index contributed by atoms with van der Waals surface area (Å²) in [6.45, 7) is 1.01. The zero-order chi connectivity index (χ0) is 21.9. The van der Waals surface area contributed by atoms with Gasteiger partial charge in [-0.3, -0.25) is 14.9 Å². The molecule has 0 fully saturated rings. The zero-order valence-corrected chi connectivity index (χ0v) is 17.4. The zero-order valence-electron chi connectivity index (χ0n) is 17.4. The van der Waals surface area contributed by atoms with E-state index in [1.807, 2.05) is 24.3 Å². The van der Waals surface area contributed by atoms with Crippen molar-refractivity contribution in [1.82, 2.24) is 15.5 Å². The van der Waals surface area contributed by atoms with Crippen LogP contribution in [0.3, 0.4) is 0 Å². The van der Waals surface area contributed by atoms with Crippen molar-refractivity contribution in [3.63, 3.8) is 0 Å². The Morgan fingerprint density at radius 2 is 1.83 bits per heavy atom. The van der Waals surface area contributed by atoms with Gasteiger partial charge in [-0.2, -0.15) is 0 Å². The lowest BCUT2D eigenvalue weighted by Crippen LogP contribution is -2.43. The molecule has 2 N–H and O–H groups in total. The Bertz CT molecular complexity index is 881. The minimum atomic E-state index is -0.438. The molecule has 2 aromatic rings. The Balaban J connectivity index is 2.02. The average molecular weight is 413 g/mol. The van der Waals surface area contributed by atoms with Crippen LogP contribution in [0.1, 0.15) is 11.1 Å². The molecular formula is C21H27N5O4. The predicted octanol–water partition coefficient (Wildman–Crippen LogP) is 1.97. The highest BCUT2D eigenvalue weighted by atomic mass is 16.6.